The number of likely N-dealkylation sites (N-methyl/N-ethyl adjacent to an activating group) is 1. The number of nitrogens with one attached hydrogen (secondary N) is 1. The van der Waals surface area contributed by atoms with Crippen molar-refractivity contribution in [2.24, 2.45) is 7.05 Å². The first kappa shape index (κ1) is 15.0. The summed E-state index contributed by atoms with van der Waals surface area (Å²) >= 11 is 0. The molecule has 1 atom stereocenters. The average Bonchev–Trinajstić information content (AvgIpc) is 2.76. The van der Waals surface area contributed by atoms with Crippen LogP contribution < -0.4 is 5.32 Å². The number of hydrogen-bond donors (Lipinski definition) is 1. The van der Waals surface area contributed by atoms with Crippen LogP contribution in [0.3, 0.4) is 0 Å². The van der Waals surface area contributed by atoms with E-state index >= 15 is 0 Å². The molecule has 0 aliphatic heterocycles. The van der Waals surface area contributed by atoms with Crippen LogP contribution in [0.25, 0.3) is 0 Å². The summed E-state index contributed by atoms with van der Waals surface area (Å²) in [6.45, 7) is 3.89. The minimum Gasteiger partial charge on any atom is -0.322 e. The van der Waals surface area contributed by atoms with Crippen LogP contribution in [-0.4, -0.2) is 39.7 Å². The number of carbonyl (C=O) groups excluding carboxylic acids is 1. The molecular formula is C15H26N4O. The molecule has 1 heterocycles. The summed E-state index contributed by atoms with van der Waals surface area (Å²) in [5.41, 5.74) is 1.66. The van der Waals surface area contributed by atoms with Gasteiger partial charge in [0.1, 0.15) is 0 Å². The van der Waals surface area contributed by atoms with E-state index in [4.69, 9.17) is 0 Å². The second-order valence-corrected chi connectivity index (χ2v) is 5.92. The molecular weight excluding hydrogens is 252 g/mol. The fourth-order valence-corrected chi connectivity index (χ4v) is 2.95. The molecule has 2 rings (SSSR count). The van der Waals surface area contributed by atoms with Crippen LogP contribution in [0.2, 0.25) is 0 Å². The van der Waals surface area contributed by atoms with Gasteiger partial charge in [0.25, 0.3) is 0 Å². The number of amides is 1. The fourth-order valence-electron chi connectivity index (χ4n) is 2.95. The second kappa shape index (κ2) is 6.39. The molecule has 1 N–H and O–H groups in total. The Kier molecular flexibility index (Phi) is 4.81. The number of rotatable bonds is 4. The van der Waals surface area contributed by atoms with Gasteiger partial charge in [-0.25, -0.2) is 0 Å². The third-order valence-electron chi connectivity index (χ3n) is 4.41. The van der Waals surface area contributed by atoms with Crippen LogP contribution in [0.5, 0.6) is 0 Å². The number of carbonyl (C=O) groups is 1. The normalized spacial score (nSPS) is 18.2. The monoisotopic (exact) mass is 278 g/mol. The summed E-state index contributed by atoms with van der Waals surface area (Å²) in [6.07, 6.45) is 8.16. The van der Waals surface area contributed by atoms with Gasteiger partial charge in [0, 0.05) is 19.3 Å². The Hall–Kier alpha value is -1.36. The van der Waals surface area contributed by atoms with E-state index in [1.54, 1.807) is 4.68 Å². The van der Waals surface area contributed by atoms with Gasteiger partial charge in [-0.3, -0.25) is 14.4 Å². The first-order chi connectivity index (χ1) is 9.49. The van der Waals surface area contributed by atoms with Crippen molar-refractivity contribution in [3.8, 4) is 0 Å². The third kappa shape index (κ3) is 3.39. The van der Waals surface area contributed by atoms with Crippen molar-refractivity contribution in [1.29, 1.82) is 0 Å². The van der Waals surface area contributed by atoms with Crippen molar-refractivity contribution >= 4 is 11.6 Å². The Morgan fingerprint density at radius 3 is 2.65 bits per heavy atom. The standard InChI is InChI=1S/C15H26N4O/c1-11-14(10-18(3)17-11)16-15(20)12(2)19(4)13-8-6-5-7-9-13/h10,12-13H,5-9H2,1-4H3,(H,16,20). The minimum absolute atomic E-state index is 0.0502. The zero-order valence-electron chi connectivity index (χ0n) is 13.0. The molecule has 5 heteroatoms. The first-order valence-electron chi connectivity index (χ1n) is 7.52. The second-order valence-electron chi connectivity index (χ2n) is 5.92. The number of hydrogen-bond acceptors (Lipinski definition) is 3. The maximum absolute atomic E-state index is 12.4. The topological polar surface area (TPSA) is 50.2 Å². The van der Waals surface area contributed by atoms with E-state index < -0.39 is 0 Å². The predicted molar refractivity (Wildman–Crippen MR) is 80.7 cm³/mol. The van der Waals surface area contributed by atoms with Crippen molar-refractivity contribution in [2.75, 3.05) is 12.4 Å². The van der Waals surface area contributed by atoms with Crippen molar-refractivity contribution in [1.82, 2.24) is 14.7 Å². The molecule has 1 aromatic rings. The molecule has 1 aliphatic carbocycles. The molecule has 0 spiro atoms. The van der Waals surface area contributed by atoms with Crippen molar-refractivity contribution in [3.05, 3.63) is 11.9 Å². The van der Waals surface area contributed by atoms with E-state index in [1.807, 2.05) is 27.1 Å². The molecule has 1 amide bonds. The largest absolute Gasteiger partial charge is 0.322 e. The summed E-state index contributed by atoms with van der Waals surface area (Å²) in [6, 6.07) is 0.428. The molecule has 0 radical (unpaired) electrons. The van der Waals surface area contributed by atoms with Crippen LogP contribution >= 0.6 is 0 Å². The lowest BCUT2D eigenvalue weighted by Crippen LogP contribution is -2.46. The summed E-state index contributed by atoms with van der Waals surface area (Å²) in [4.78, 5) is 14.6. The SMILES string of the molecule is Cc1nn(C)cc1NC(=O)C(C)N(C)C1CCCCC1. The lowest BCUT2D eigenvalue weighted by atomic mass is 9.93. The van der Waals surface area contributed by atoms with E-state index in [2.05, 4.69) is 22.4 Å². The minimum atomic E-state index is -0.113. The molecule has 0 bridgehead atoms. The lowest BCUT2D eigenvalue weighted by Gasteiger charge is -2.34. The van der Waals surface area contributed by atoms with E-state index in [0.717, 1.165) is 11.4 Å². The highest BCUT2D eigenvalue weighted by Crippen LogP contribution is 2.23. The number of aryl methyl sites for hydroxylation is 2. The lowest BCUT2D eigenvalue weighted by molar-refractivity contribution is -0.121. The van der Waals surface area contributed by atoms with Gasteiger partial charge >= 0.3 is 0 Å². The summed E-state index contributed by atoms with van der Waals surface area (Å²) in [5.74, 6) is 0.0502. The summed E-state index contributed by atoms with van der Waals surface area (Å²) in [5, 5.41) is 7.23. The molecule has 1 aliphatic rings. The number of aromatic nitrogens is 2. The van der Waals surface area contributed by atoms with Crippen molar-refractivity contribution < 1.29 is 4.79 Å². The van der Waals surface area contributed by atoms with Gasteiger partial charge in [-0.05, 0) is 33.7 Å². The number of nitrogens with zero attached hydrogens (tertiary/aromatic N) is 3. The zero-order valence-corrected chi connectivity index (χ0v) is 13.0. The van der Waals surface area contributed by atoms with Gasteiger partial charge in [0.15, 0.2) is 0 Å². The van der Waals surface area contributed by atoms with Crippen LogP contribution in [-0.2, 0) is 11.8 Å². The predicted octanol–water partition coefficient (Wildman–Crippen LogP) is 2.32. The van der Waals surface area contributed by atoms with E-state index in [9.17, 15) is 4.79 Å². The summed E-state index contributed by atoms with van der Waals surface area (Å²) < 4.78 is 1.72. The Morgan fingerprint density at radius 2 is 2.10 bits per heavy atom. The molecule has 1 saturated carbocycles. The highest BCUT2D eigenvalue weighted by atomic mass is 16.2. The van der Waals surface area contributed by atoms with Gasteiger partial charge in [-0.15, -0.1) is 0 Å². The van der Waals surface area contributed by atoms with Crippen LogP contribution in [0.15, 0.2) is 6.20 Å². The van der Waals surface area contributed by atoms with Crippen LogP contribution in [0, 0.1) is 6.92 Å². The zero-order chi connectivity index (χ0) is 14.7. The van der Waals surface area contributed by atoms with Gasteiger partial charge in [-0.2, -0.15) is 5.10 Å². The smallest absolute Gasteiger partial charge is 0.241 e. The molecule has 1 fully saturated rings. The molecule has 20 heavy (non-hydrogen) atoms. The molecule has 1 unspecified atom stereocenters. The Bertz CT molecular complexity index is 462. The van der Waals surface area contributed by atoms with E-state index in [1.165, 1.54) is 32.1 Å². The first-order valence-corrected chi connectivity index (χ1v) is 7.52. The van der Waals surface area contributed by atoms with Gasteiger partial charge < -0.3 is 5.32 Å². The molecule has 112 valence electrons. The average molecular weight is 278 g/mol. The Morgan fingerprint density at radius 1 is 1.45 bits per heavy atom. The summed E-state index contributed by atoms with van der Waals surface area (Å²) in [7, 11) is 3.93. The molecule has 5 nitrogen and oxygen atoms in total. The molecule has 1 aromatic heterocycles. The van der Waals surface area contributed by atoms with Crippen molar-refractivity contribution in [2.45, 2.75) is 58.0 Å². The fraction of sp³-hybridized carbons (Fsp3) is 0.733. The van der Waals surface area contributed by atoms with Crippen molar-refractivity contribution in [3.63, 3.8) is 0 Å². The van der Waals surface area contributed by atoms with Gasteiger partial charge in [0.2, 0.25) is 5.91 Å². The maximum Gasteiger partial charge on any atom is 0.241 e. The number of anilines is 1. The van der Waals surface area contributed by atoms with Crippen LogP contribution in [0.1, 0.15) is 44.7 Å². The van der Waals surface area contributed by atoms with Gasteiger partial charge in [-0.1, -0.05) is 19.3 Å². The molecule has 0 saturated heterocycles. The van der Waals surface area contributed by atoms with Crippen LogP contribution in [0.4, 0.5) is 5.69 Å². The third-order valence-corrected chi connectivity index (χ3v) is 4.41. The Balaban J connectivity index is 1.95. The highest BCUT2D eigenvalue weighted by molar-refractivity contribution is 5.94. The van der Waals surface area contributed by atoms with E-state index in [-0.39, 0.29) is 11.9 Å². The highest BCUT2D eigenvalue weighted by Gasteiger charge is 2.26. The quantitative estimate of drug-likeness (QED) is 0.919. The van der Waals surface area contributed by atoms with E-state index in [0.29, 0.717) is 6.04 Å². The Labute approximate surface area is 121 Å². The van der Waals surface area contributed by atoms with Gasteiger partial charge in [0.05, 0.1) is 17.4 Å². The maximum atomic E-state index is 12.4. The molecule has 0 aromatic carbocycles.